The lowest BCUT2D eigenvalue weighted by atomic mass is 9.48. The standard InChI is InChI=1S/C21H30N2O3S/c1-15(21-11-16-8-17(12-21)10-18(9-16)13-21)22-20(24)14-23(2)27(25,26)19-6-4-3-5-7-19/h3-7,15-18H,8-14H2,1-2H3,(H,22,24). The SMILES string of the molecule is CC(NC(=O)CN(C)S(=O)(=O)c1ccccc1)C12CC3CC(CC(C3)C1)C2. The van der Waals surface area contributed by atoms with Crippen LogP contribution in [0.1, 0.15) is 45.4 Å². The molecule has 1 amide bonds. The van der Waals surface area contributed by atoms with Gasteiger partial charge >= 0.3 is 0 Å². The van der Waals surface area contributed by atoms with E-state index in [1.807, 2.05) is 0 Å². The van der Waals surface area contributed by atoms with Crippen LogP contribution in [0.15, 0.2) is 35.2 Å². The third-order valence-electron chi connectivity index (χ3n) is 7.20. The van der Waals surface area contributed by atoms with Gasteiger partial charge in [-0.05, 0) is 80.8 Å². The van der Waals surface area contributed by atoms with Crippen LogP contribution < -0.4 is 5.32 Å². The van der Waals surface area contributed by atoms with E-state index in [2.05, 4.69) is 12.2 Å². The largest absolute Gasteiger partial charge is 0.352 e. The van der Waals surface area contributed by atoms with Gasteiger partial charge in [0.25, 0.3) is 0 Å². The highest BCUT2D eigenvalue weighted by atomic mass is 32.2. The Hall–Kier alpha value is -1.40. The normalized spacial score (nSPS) is 33.2. The molecule has 5 nitrogen and oxygen atoms in total. The van der Waals surface area contributed by atoms with Crippen LogP contribution >= 0.6 is 0 Å². The molecule has 0 radical (unpaired) electrons. The summed E-state index contributed by atoms with van der Waals surface area (Å²) in [6.07, 6.45) is 7.78. The first-order valence-corrected chi connectivity index (χ1v) is 11.5. The summed E-state index contributed by atoms with van der Waals surface area (Å²) in [7, 11) is -2.17. The molecule has 4 aliphatic rings. The first-order valence-electron chi connectivity index (χ1n) is 10.1. The molecule has 148 valence electrons. The number of amides is 1. The quantitative estimate of drug-likeness (QED) is 0.812. The molecule has 1 aromatic carbocycles. The van der Waals surface area contributed by atoms with Gasteiger partial charge < -0.3 is 5.32 Å². The van der Waals surface area contributed by atoms with Crippen molar-refractivity contribution in [2.24, 2.45) is 23.2 Å². The van der Waals surface area contributed by atoms with Gasteiger partial charge in [0.15, 0.2) is 0 Å². The van der Waals surface area contributed by atoms with Gasteiger partial charge in [0.05, 0.1) is 11.4 Å². The molecule has 4 bridgehead atoms. The number of hydrogen-bond acceptors (Lipinski definition) is 3. The second-order valence-electron chi connectivity index (χ2n) is 9.14. The van der Waals surface area contributed by atoms with E-state index in [0.717, 1.165) is 22.1 Å². The molecule has 4 fully saturated rings. The van der Waals surface area contributed by atoms with Gasteiger partial charge in [0.1, 0.15) is 0 Å². The van der Waals surface area contributed by atoms with E-state index in [4.69, 9.17) is 0 Å². The first kappa shape index (κ1) is 18.9. The van der Waals surface area contributed by atoms with Crippen molar-refractivity contribution in [1.29, 1.82) is 0 Å². The zero-order valence-electron chi connectivity index (χ0n) is 16.2. The van der Waals surface area contributed by atoms with E-state index in [9.17, 15) is 13.2 Å². The van der Waals surface area contributed by atoms with Gasteiger partial charge in [-0.2, -0.15) is 4.31 Å². The fourth-order valence-corrected chi connectivity index (χ4v) is 7.36. The van der Waals surface area contributed by atoms with Gasteiger partial charge in [-0.3, -0.25) is 4.79 Å². The molecule has 1 aromatic rings. The molecular formula is C21H30N2O3S. The predicted octanol–water partition coefficient (Wildman–Crippen LogP) is 3.03. The van der Waals surface area contributed by atoms with Gasteiger partial charge in [-0.25, -0.2) is 8.42 Å². The van der Waals surface area contributed by atoms with E-state index in [0.29, 0.717) is 0 Å². The molecule has 4 aliphatic carbocycles. The molecular weight excluding hydrogens is 360 g/mol. The van der Waals surface area contributed by atoms with Crippen molar-refractivity contribution in [3.05, 3.63) is 30.3 Å². The second kappa shape index (κ2) is 6.89. The van der Waals surface area contributed by atoms with Crippen molar-refractivity contribution in [3.63, 3.8) is 0 Å². The number of nitrogens with one attached hydrogen (secondary N) is 1. The molecule has 6 heteroatoms. The van der Waals surface area contributed by atoms with E-state index >= 15 is 0 Å². The molecule has 0 saturated heterocycles. The monoisotopic (exact) mass is 390 g/mol. The molecule has 27 heavy (non-hydrogen) atoms. The highest BCUT2D eigenvalue weighted by Crippen LogP contribution is 2.61. The zero-order chi connectivity index (χ0) is 19.2. The summed E-state index contributed by atoms with van der Waals surface area (Å²) in [5.74, 6) is 2.28. The van der Waals surface area contributed by atoms with Crippen LogP contribution in [0.5, 0.6) is 0 Å². The summed E-state index contributed by atoms with van der Waals surface area (Å²) in [6.45, 7) is 1.98. The zero-order valence-corrected chi connectivity index (χ0v) is 17.0. The summed E-state index contributed by atoms with van der Waals surface area (Å²) < 4.78 is 26.4. The van der Waals surface area contributed by atoms with E-state index in [1.165, 1.54) is 45.6 Å². The Kier molecular flexibility index (Phi) is 4.83. The van der Waals surface area contributed by atoms with Gasteiger partial charge in [0.2, 0.25) is 15.9 Å². The minimum absolute atomic E-state index is 0.103. The smallest absolute Gasteiger partial charge is 0.243 e. The van der Waals surface area contributed by atoms with Crippen LogP contribution in [-0.2, 0) is 14.8 Å². The lowest BCUT2D eigenvalue weighted by molar-refractivity contribution is -0.125. The first-order chi connectivity index (χ1) is 12.8. The van der Waals surface area contributed by atoms with Crippen molar-refractivity contribution < 1.29 is 13.2 Å². The number of rotatable bonds is 6. The fourth-order valence-electron chi connectivity index (χ4n) is 6.21. The van der Waals surface area contributed by atoms with Crippen molar-refractivity contribution in [2.45, 2.75) is 56.4 Å². The molecule has 1 unspecified atom stereocenters. The Morgan fingerprint density at radius 3 is 2.15 bits per heavy atom. The van der Waals surface area contributed by atoms with Gasteiger partial charge in [0, 0.05) is 13.1 Å². The maximum atomic E-state index is 12.6. The number of carbonyl (C=O) groups is 1. The Morgan fingerprint density at radius 2 is 1.63 bits per heavy atom. The van der Waals surface area contributed by atoms with E-state index in [-0.39, 0.29) is 28.8 Å². The maximum absolute atomic E-state index is 12.6. The second-order valence-corrected chi connectivity index (χ2v) is 11.2. The number of hydrogen-bond donors (Lipinski definition) is 1. The number of likely N-dealkylation sites (N-methyl/N-ethyl adjacent to an activating group) is 1. The number of nitrogens with zero attached hydrogens (tertiary/aromatic N) is 1. The molecule has 0 aromatic heterocycles. The molecule has 5 rings (SSSR count). The summed E-state index contributed by atoms with van der Waals surface area (Å²) >= 11 is 0. The lowest BCUT2D eigenvalue weighted by Crippen LogP contribution is -2.56. The third-order valence-corrected chi connectivity index (χ3v) is 9.02. The van der Waals surface area contributed by atoms with Crippen LogP contribution in [0.25, 0.3) is 0 Å². The highest BCUT2D eigenvalue weighted by molar-refractivity contribution is 7.89. The summed E-state index contributed by atoms with van der Waals surface area (Å²) in [5, 5.41) is 3.15. The summed E-state index contributed by atoms with van der Waals surface area (Å²) in [4.78, 5) is 12.8. The number of carbonyl (C=O) groups excluding carboxylic acids is 1. The van der Waals surface area contributed by atoms with Crippen LogP contribution in [0.2, 0.25) is 0 Å². The third kappa shape index (κ3) is 3.54. The Bertz CT molecular complexity index is 771. The fraction of sp³-hybridized carbons (Fsp3) is 0.667. The average Bonchev–Trinajstić information content (AvgIpc) is 2.61. The molecule has 1 atom stereocenters. The Morgan fingerprint density at radius 1 is 1.11 bits per heavy atom. The number of sulfonamides is 1. The summed E-state index contributed by atoms with van der Waals surface area (Å²) in [6, 6.07) is 8.38. The van der Waals surface area contributed by atoms with Gasteiger partial charge in [-0.1, -0.05) is 18.2 Å². The average molecular weight is 391 g/mol. The van der Waals surface area contributed by atoms with Crippen LogP contribution in [0, 0.1) is 23.2 Å². The Labute approximate surface area is 162 Å². The van der Waals surface area contributed by atoms with Crippen molar-refractivity contribution >= 4 is 15.9 Å². The Balaban J connectivity index is 1.39. The van der Waals surface area contributed by atoms with Crippen molar-refractivity contribution in [2.75, 3.05) is 13.6 Å². The minimum Gasteiger partial charge on any atom is -0.352 e. The van der Waals surface area contributed by atoms with Crippen molar-refractivity contribution in [3.8, 4) is 0 Å². The van der Waals surface area contributed by atoms with Gasteiger partial charge in [-0.15, -0.1) is 0 Å². The van der Waals surface area contributed by atoms with Crippen LogP contribution in [0.3, 0.4) is 0 Å². The van der Waals surface area contributed by atoms with Crippen LogP contribution in [0.4, 0.5) is 0 Å². The molecule has 0 spiro atoms. The van der Waals surface area contributed by atoms with Crippen LogP contribution in [-0.4, -0.2) is 38.3 Å². The molecule has 4 saturated carbocycles. The molecule has 1 N–H and O–H groups in total. The summed E-state index contributed by atoms with van der Waals surface area (Å²) in [5.41, 5.74) is 0.223. The van der Waals surface area contributed by atoms with Crippen molar-refractivity contribution in [1.82, 2.24) is 9.62 Å². The molecule has 0 heterocycles. The minimum atomic E-state index is -3.64. The van der Waals surface area contributed by atoms with E-state index < -0.39 is 10.0 Å². The highest BCUT2D eigenvalue weighted by Gasteiger charge is 2.53. The molecule has 0 aliphatic heterocycles. The lowest BCUT2D eigenvalue weighted by Gasteiger charge is -2.59. The topological polar surface area (TPSA) is 66.5 Å². The van der Waals surface area contributed by atoms with E-state index in [1.54, 1.807) is 30.3 Å². The maximum Gasteiger partial charge on any atom is 0.243 e. The number of benzene rings is 1. The predicted molar refractivity (Wildman–Crippen MR) is 104 cm³/mol.